The van der Waals surface area contributed by atoms with Gasteiger partial charge in [0.1, 0.15) is 11.6 Å². The standard InChI is InChI=1S/C14H12ClF2N/c15-12-5-2-1-4-10(12)8-18-9-11-13(16)6-3-7-14(11)17/h1-7,18H,8-9H2. The van der Waals surface area contributed by atoms with Crippen LogP contribution in [0.25, 0.3) is 0 Å². The molecule has 18 heavy (non-hydrogen) atoms. The van der Waals surface area contributed by atoms with Crippen LogP contribution < -0.4 is 5.32 Å². The van der Waals surface area contributed by atoms with E-state index in [0.29, 0.717) is 11.6 Å². The number of nitrogens with one attached hydrogen (secondary N) is 1. The Morgan fingerprint density at radius 1 is 0.889 bits per heavy atom. The summed E-state index contributed by atoms with van der Waals surface area (Å²) in [6.07, 6.45) is 0. The van der Waals surface area contributed by atoms with Gasteiger partial charge in [-0.2, -0.15) is 0 Å². The molecule has 0 saturated heterocycles. The van der Waals surface area contributed by atoms with Gasteiger partial charge in [-0.05, 0) is 23.8 Å². The monoisotopic (exact) mass is 267 g/mol. The fourth-order valence-electron chi connectivity index (χ4n) is 1.67. The third kappa shape index (κ3) is 3.06. The van der Waals surface area contributed by atoms with Crippen molar-refractivity contribution < 1.29 is 8.78 Å². The van der Waals surface area contributed by atoms with Crippen LogP contribution in [0.5, 0.6) is 0 Å². The average Bonchev–Trinajstić information content (AvgIpc) is 2.35. The molecule has 2 rings (SSSR count). The summed E-state index contributed by atoms with van der Waals surface area (Å²) in [6, 6.07) is 11.2. The quantitative estimate of drug-likeness (QED) is 0.886. The van der Waals surface area contributed by atoms with Crippen LogP contribution in [-0.4, -0.2) is 0 Å². The predicted molar refractivity (Wildman–Crippen MR) is 68.4 cm³/mol. The molecule has 0 saturated carbocycles. The van der Waals surface area contributed by atoms with Crippen molar-refractivity contribution >= 4 is 11.6 Å². The Hall–Kier alpha value is -1.45. The molecular weight excluding hydrogens is 256 g/mol. The van der Waals surface area contributed by atoms with Crippen molar-refractivity contribution in [3.05, 3.63) is 70.2 Å². The molecule has 0 aliphatic heterocycles. The van der Waals surface area contributed by atoms with Crippen molar-refractivity contribution in [1.29, 1.82) is 0 Å². The van der Waals surface area contributed by atoms with Gasteiger partial charge in [-0.3, -0.25) is 0 Å². The van der Waals surface area contributed by atoms with Gasteiger partial charge in [0.15, 0.2) is 0 Å². The molecule has 1 nitrogen and oxygen atoms in total. The second-order valence-electron chi connectivity index (χ2n) is 3.90. The molecule has 0 heterocycles. The molecule has 0 amide bonds. The summed E-state index contributed by atoms with van der Waals surface area (Å²) >= 11 is 5.98. The van der Waals surface area contributed by atoms with Gasteiger partial charge in [0, 0.05) is 23.7 Å². The zero-order valence-corrected chi connectivity index (χ0v) is 10.3. The molecule has 0 aliphatic carbocycles. The van der Waals surface area contributed by atoms with E-state index in [4.69, 9.17) is 11.6 Å². The third-order valence-corrected chi connectivity index (χ3v) is 3.01. The zero-order chi connectivity index (χ0) is 13.0. The maximum Gasteiger partial charge on any atom is 0.130 e. The Morgan fingerprint density at radius 2 is 1.56 bits per heavy atom. The predicted octanol–water partition coefficient (Wildman–Crippen LogP) is 3.91. The third-order valence-electron chi connectivity index (χ3n) is 2.64. The van der Waals surface area contributed by atoms with Crippen LogP contribution in [0.3, 0.4) is 0 Å². The van der Waals surface area contributed by atoms with Gasteiger partial charge >= 0.3 is 0 Å². The molecule has 0 bridgehead atoms. The van der Waals surface area contributed by atoms with Crippen molar-refractivity contribution in [2.24, 2.45) is 0 Å². The van der Waals surface area contributed by atoms with E-state index in [1.54, 1.807) is 6.07 Å². The number of hydrogen-bond acceptors (Lipinski definition) is 1. The second kappa shape index (κ2) is 5.94. The fraction of sp³-hybridized carbons (Fsp3) is 0.143. The van der Waals surface area contributed by atoms with Gasteiger partial charge in [-0.25, -0.2) is 8.78 Å². The van der Waals surface area contributed by atoms with E-state index >= 15 is 0 Å². The minimum absolute atomic E-state index is 0.0459. The van der Waals surface area contributed by atoms with Gasteiger partial charge in [0.2, 0.25) is 0 Å². The summed E-state index contributed by atoms with van der Waals surface area (Å²) in [6.45, 7) is 0.594. The number of halogens is 3. The molecule has 0 unspecified atom stereocenters. The normalized spacial score (nSPS) is 10.6. The lowest BCUT2D eigenvalue weighted by Gasteiger charge is -2.08. The van der Waals surface area contributed by atoms with Crippen LogP contribution in [0.15, 0.2) is 42.5 Å². The lowest BCUT2D eigenvalue weighted by Crippen LogP contribution is -2.15. The zero-order valence-electron chi connectivity index (χ0n) is 9.59. The topological polar surface area (TPSA) is 12.0 Å². The number of hydrogen-bond donors (Lipinski definition) is 1. The number of benzene rings is 2. The maximum atomic E-state index is 13.3. The molecule has 0 atom stereocenters. The van der Waals surface area contributed by atoms with E-state index < -0.39 is 11.6 Å². The molecule has 1 N–H and O–H groups in total. The van der Waals surface area contributed by atoms with Gasteiger partial charge < -0.3 is 5.32 Å². The summed E-state index contributed by atoms with van der Waals surface area (Å²) in [5, 5.41) is 3.61. The SMILES string of the molecule is Fc1cccc(F)c1CNCc1ccccc1Cl. The fourth-order valence-corrected chi connectivity index (χ4v) is 1.87. The minimum atomic E-state index is -0.540. The molecule has 2 aromatic carbocycles. The first-order chi connectivity index (χ1) is 8.68. The highest BCUT2D eigenvalue weighted by atomic mass is 35.5. The van der Waals surface area contributed by atoms with Crippen molar-refractivity contribution in [2.45, 2.75) is 13.1 Å². The Bertz CT molecular complexity index is 523. The lowest BCUT2D eigenvalue weighted by molar-refractivity contribution is 0.535. The molecule has 4 heteroatoms. The van der Waals surface area contributed by atoms with Crippen molar-refractivity contribution in [2.75, 3.05) is 0 Å². The van der Waals surface area contributed by atoms with Crippen molar-refractivity contribution in [3.63, 3.8) is 0 Å². The van der Waals surface area contributed by atoms with Gasteiger partial charge in [-0.1, -0.05) is 35.9 Å². The first-order valence-corrected chi connectivity index (χ1v) is 5.93. The smallest absolute Gasteiger partial charge is 0.130 e. The van der Waals surface area contributed by atoms with Crippen LogP contribution in [0, 0.1) is 11.6 Å². The number of rotatable bonds is 4. The molecule has 94 valence electrons. The van der Waals surface area contributed by atoms with E-state index in [9.17, 15) is 8.78 Å². The van der Waals surface area contributed by atoms with Crippen molar-refractivity contribution in [1.82, 2.24) is 5.32 Å². The first kappa shape index (κ1) is 13.0. The molecule has 2 aromatic rings. The maximum absolute atomic E-state index is 13.3. The highest BCUT2D eigenvalue weighted by Gasteiger charge is 2.07. The minimum Gasteiger partial charge on any atom is -0.308 e. The van der Waals surface area contributed by atoms with Crippen LogP contribution in [-0.2, 0) is 13.1 Å². The lowest BCUT2D eigenvalue weighted by atomic mass is 10.2. The summed E-state index contributed by atoms with van der Waals surface area (Å²) < 4.78 is 26.7. The largest absolute Gasteiger partial charge is 0.308 e. The Kier molecular flexibility index (Phi) is 4.28. The molecule has 0 aliphatic rings. The van der Waals surface area contributed by atoms with Crippen LogP contribution in [0.1, 0.15) is 11.1 Å². The summed E-state index contributed by atoms with van der Waals surface area (Å²) in [4.78, 5) is 0. The second-order valence-corrected chi connectivity index (χ2v) is 4.30. The molecule has 0 spiro atoms. The van der Waals surface area contributed by atoms with Crippen LogP contribution in [0.2, 0.25) is 5.02 Å². The van der Waals surface area contributed by atoms with Gasteiger partial charge in [0.25, 0.3) is 0 Å². The van der Waals surface area contributed by atoms with E-state index in [2.05, 4.69) is 5.32 Å². The Labute approximate surface area is 109 Å². The Balaban J connectivity index is 1.99. The highest BCUT2D eigenvalue weighted by molar-refractivity contribution is 6.31. The molecular formula is C14H12ClF2N. The highest BCUT2D eigenvalue weighted by Crippen LogP contribution is 2.15. The molecule has 0 radical (unpaired) electrons. The molecule has 0 aromatic heterocycles. The van der Waals surface area contributed by atoms with Crippen molar-refractivity contribution in [3.8, 4) is 0 Å². The van der Waals surface area contributed by atoms with E-state index in [1.807, 2.05) is 18.2 Å². The summed E-state index contributed by atoms with van der Waals surface area (Å²) in [5.41, 5.74) is 0.945. The Morgan fingerprint density at radius 3 is 2.22 bits per heavy atom. The van der Waals surface area contributed by atoms with Gasteiger partial charge in [0.05, 0.1) is 0 Å². The first-order valence-electron chi connectivity index (χ1n) is 5.55. The average molecular weight is 268 g/mol. The molecule has 0 fully saturated rings. The van der Waals surface area contributed by atoms with Crippen LogP contribution in [0.4, 0.5) is 8.78 Å². The van der Waals surface area contributed by atoms with Gasteiger partial charge in [-0.15, -0.1) is 0 Å². The van der Waals surface area contributed by atoms with E-state index in [-0.39, 0.29) is 12.1 Å². The van der Waals surface area contributed by atoms with Crippen LogP contribution >= 0.6 is 11.6 Å². The summed E-state index contributed by atoms with van der Waals surface area (Å²) in [7, 11) is 0. The van der Waals surface area contributed by atoms with E-state index in [1.165, 1.54) is 18.2 Å². The van der Waals surface area contributed by atoms with E-state index in [0.717, 1.165) is 5.56 Å². The summed E-state index contributed by atoms with van der Waals surface area (Å²) in [5.74, 6) is -1.08.